The van der Waals surface area contributed by atoms with Crippen LogP contribution in [0.3, 0.4) is 0 Å². The molecule has 1 atom stereocenters. The first-order valence-electron chi connectivity index (χ1n) is 8.16. The van der Waals surface area contributed by atoms with E-state index in [1.807, 2.05) is 0 Å². The van der Waals surface area contributed by atoms with Gasteiger partial charge in [0.25, 0.3) is 22.7 Å². The molecule has 0 bridgehead atoms. The van der Waals surface area contributed by atoms with Gasteiger partial charge in [-0.25, -0.2) is 0 Å². The minimum Gasteiger partial charge on any atom is -0.377 e. The zero-order valence-corrected chi connectivity index (χ0v) is 15.3. The Morgan fingerprint density at radius 2 is 1.26 bits per heavy atom. The predicted octanol–water partition coefficient (Wildman–Crippen LogP) is 1.70. The molecule has 0 aliphatic heterocycles. The fourth-order valence-electron chi connectivity index (χ4n) is 2.46. The lowest BCUT2D eigenvalue weighted by Gasteiger charge is -2.18. The monoisotopic (exact) mass is 435 g/mol. The molecule has 2 rings (SSSR count). The summed E-state index contributed by atoms with van der Waals surface area (Å²) < 4.78 is 0. The summed E-state index contributed by atoms with van der Waals surface area (Å²) in [6.07, 6.45) is 0. The van der Waals surface area contributed by atoms with Crippen molar-refractivity contribution in [1.82, 2.24) is 0 Å². The van der Waals surface area contributed by atoms with Gasteiger partial charge in [-0.1, -0.05) is 0 Å². The van der Waals surface area contributed by atoms with Gasteiger partial charge in [0.05, 0.1) is 31.8 Å². The summed E-state index contributed by atoms with van der Waals surface area (Å²) in [5, 5.41) is 49.0. The highest BCUT2D eigenvalue weighted by Crippen LogP contribution is 2.31. The fraction of sp³-hybridized carbons (Fsp3) is 0.133. The summed E-state index contributed by atoms with van der Waals surface area (Å²) in [6, 6.07) is 4.12. The first-order valence-corrected chi connectivity index (χ1v) is 8.16. The largest absolute Gasteiger partial charge is 0.377 e. The van der Waals surface area contributed by atoms with Crippen molar-refractivity contribution in [2.45, 2.75) is 6.04 Å². The van der Waals surface area contributed by atoms with E-state index < -0.39 is 60.9 Å². The number of nitro groups is 4. The summed E-state index contributed by atoms with van der Waals surface area (Å²) in [5.41, 5.74) is 2.45. The maximum atomic E-state index is 11.8. The summed E-state index contributed by atoms with van der Waals surface area (Å²) >= 11 is 0. The number of nitrogens with two attached hydrogens (primary N) is 1. The third-order valence-corrected chi connectivity index (χ3v) is 3.95. The van der Waals surface area contributed by atoms with Crippen molar-refractivity contribution in [2.75, 3.05) is 17.2 Å². The minimum absolute atomic E-state index is 0.165. The van der Waals surface area contributed by atoms with E-state index in [1.54, 1.807) is 0 Å². The van der Waals surface area contributed by atoms with Crippen molar-refractivity contribution in [2.24, 2.45) is 5.73 Å². The van der Waals surface area contributed by atoms with Crippen LogP contribution in [0.15, 0.2) is 36.4 Å². The molecule has 4 N–H and O–H groups in total. The van der Waals surface area contributed by atoms with E-state index in [2.05, 4.69) is 10.6 Å². The molecule has 1 unspecified atom stereocenters. The number of carbonyl (C=O) groups is 1. The zero-order valence-electron chi connectivity index (χ0n) is 15.3. The number of nitro benzene ring substituents is 4. The molecule has 0 aliphatic rings. The quantitative estimate of drug-likeness (QED) is 0.358. The zero-order chi connectivity index (χ0) is 23.3. The van der Waals surface area contributed by atoms with Crippen molar-refractivity contribution < 1.29 is 24.5 Å². The molecule has 16 heteroatoms. The lowest BCUT2D eigenvalue weighted by atomic mass is 10.2. The number of carbonyl (C=O) groups excluding carboxylic acids is 1. The van der Waals surface area contributed by atoms with Gasteiger partial charge in [-0.3, -0.25) is 45.3 Å². The number of nitrogens with zero attached hydrogens (tertiary/aromatic N) is 4. The van der Waals surface area contributed by atoms with Crippen LogP contribution in [0.4, 0.5) is 34.1 Å². The molecular weight excluding hydrogens is 422 g/mol. The first kappa shape index (κ1) is 22.4. The number of hydrogen-bond donors (Lipinski definition) is 3. The Bertz CT molecular complexity index is 1090. The van der Waals surface area contributed by atoms with Crippen LogP contribution in [0.25, 0.3) is 0 Å². The molecule has 2 aromatic rings. The van der Waals surface area contributed by atoms with E-state index in [9.17, 15) is 45.3 Å². The molecule has 31 heavy (non-hydrogen) atoms. The first-order chi connectivity index (χ1) is 14.5. The van der Waals surface area contributed by atoms with Crippen LogP contribution in [0.2, 0.25) is 0 Å². The van der Waals surface area contributed by atoms with Crippen LogP contribution in [-0.2, 0) is 4.79 Å². The molecule has 162 valence electrons. The van der Waals surface area contributed by atoms with E-state index in [4.69, 9.17) is 5.73 Å². The number of hydrogen-bond acceptors (Lipinski definition) is 11. The normalized spacial score (nSPS) is 11.2. The topological polar surface area (TPSA) is 240 Å². The van der Waals surface area contributed by atoms with Gasteiger partial charge in [-0.2, -0.15) is 0 Å². The van der Waals surface area contributed by atoms with Gasteiger partial charge in [0.1, 0.15) is 17.4 Å². The van der Waals surface area contributed by atoms with E-state index in [1.165, 1.54) is 0 Å². The van der Waals surface area contributed by atoms with E-state index in [-0.39, 0.29) is 11.4 Å². The van der Waals surface area contributed by atoms with Gasteiger partial charge < -0.3 is 16.4 Å². The fourth-order valence-corrected chi connectivity index (χ4v) is 2.46. The van der Waals surface area contributed by atoms with Crippen LogP contribution in [0, 0.1) is 40.5 Å². The molecule has 1 amide bonds. The summed E-state index contributed by atoms with van der Waals surface area (Å²) in [4.78, 5) is 52.3. The van der Waals surface area contributed by atoms with Crippen LogP contribution < -0.4 is 16.4 Å². The number of nitrogens with one attached hydrogen (secondary N) is 2. The molecule has 0 spiro atoms. The number of non-ortho nitro benzene ring substituents is 2. The van der Waals surface area contributed by atoms with Crippen LogP contribution in [0.5, 0.6) is 0 Å². The Kier molecular flexibility index (Phi) is 6.56. The molecule has 0 radical (unpaired) electrons. The van der Waals surface area contributed by atoms with Gasteiger partial charge in [0, 0.05) is 18.7 Å². The number of anilines is 2. The Balaban J connectivity index is 2.29. The SMILES string of the molecule is NC(=O)C(CNc1ccc([N+](=O)[O-])cc1[N+](=O)[O-])Nc1ccc([N+](=O)[O-])cc1[N+](=O)[O-]. The maximum Gasteiger partial charge on any atom is 0.299 e. The third kappa shape index (κ3) is 5.34. The van der Waals surface area contributed by atoms with Crippen molar-refractivity contribution in [1.29, 1.82) is 0 Å². The Morgan fingerprint density at radius 3 is 1.68 bits per heavy atom. The Labute approximate surface area is 171 Å². The van der Waals surface area contributed by atoms with Gasteiger partial charge in [-0.15, -0.1) is 0 Å². The minimum atomic E-state index is -1.34. The van der Waals surface area contributed by atoms with Crippen LogP contribution >= 0.6 is 0 Å². The number of primary amides is 1. The van der Waals surface area contributed by atoms with Crippen molar-refractivity contribution in [3.05, 3.63) is 76.9 Å². The lowest BCUT2D eigenvalue weighted by molar-refractivity contribution is -0.393. The highest BCUT2D eigenvalue weighted by atomic mass is 16.6. The highest BCUT2D eigenvalue weighted by Gasteiger charge is 2.25. The van der Waals surface area contributed by atoms with Gasteiger partial charge in [0.15, 0.2) is 0 Å². The lowest BCUT2D eigenvalue weighted by Crippen LogP contribution is -2.41. The molecule has 16 nitrogen and oxygen atoms in total. The van der Waals surface area contributed by atoms with Gasteiger partial charge >= 0.3 is 0 Å². The Hall–Kier alpha value is -4.89. The van der Waals surface area contributed by atoms with Crippen LogP contribution in [-0.4, -0.2) is 38.2 Å². The van der Waals surface area contributed by atoms with Crippen molar-refractivity contribution >= 4 is 40.0 Å². The molecule has 0 saturated heterocycles. The second-order valence-electron chi connectivity index (χ2n) is 5.91. The predicted molar refractivity (Wildman–Crippen MR) is 105 cm³/mol. The summed E-state index contributed by atoms with van der Waals surface area (Å²) in [7, 11) is 0. The number of rotatable bonds is 10. The molecule has 0 heterocycles. The average molecular weight is 435 g/mol. The molecule has 2 aromatic carbocycles. The number of benzene rings is 2. The van der Waals surface area contributed by atoms with E-state index in [0.29, 0.717) is 6.07 Å². The van der Waals surface area contributed by atoms with Crippen molar-refractivity contribution in [3.8, 4) is 0 Å². The van der Waals surface area contributed by atoms with E-state index in [0.717, 1.165) is 30.3 Å². The molecule has 0 aromatic heterocycles. The van der Waals surface area contributed by atoms with E-state index >= 15 is 0 Å². The van der Waals surface area contributed by atoms with Crippen molar-refractivity contribution in [3.63, 3.8) is 0 Å². The van der Waals surface area contributed by atoms with Gasteiger partial charge in [-0.05, 0) is 12.1 Å². The second kappa shape index (κ2) is 9.07. The second-order valence-corrected chi connectivity index (χ2v) is 5.91. The Morgan fingerprint density at radius 1 is 0.806 bits per heavy atom. The van der Waals surface area contributed by atoms with Gasteiger partial charge in [0.2, 0.25) is 5.91 Å². The van der Waals surface area contributed by atoms with Crippen LogP contribution in [0.1, 0.15) is 0 Å². The molecular formula is C15H13N7O9. The smallest absolute Gasteiger partial charge is 0.299 e. The maximum absolute atomic E-state index is 11.8. The summed E-state index contributed by atoms with van der Waals surface area (Å²) in [5.74, 6) is -0.996. The molecule has 0 fully saturated rings. The average Bonchev–Trinajstić information content (AvgIpc) is 2.70. The highest BCUT2D eigenvalue weighted by molar-refractivity contribution is 5.85. The molecule has 0 aliphatic carbocycles. The third-order valence-electron chi connectivity index (χ3n) is 3.95. The summed E-state index contributed by atoms with van der Waals surface area (Å²) in [6.45, 7) is -0.401. The molecule has 0 saturated carbocycles. The standard InChI is InChI=1S/C15H13N7O9/c16-15(23)12(18-11-4-2-9(20(26)27)6-14(11)22(30)31)7-17-10-3-1-8(19(24)25)5-13(10)21(28)29/h1-6,12,17-18H,7H2,(H2,16,23). The number of amides is 1.